The second kappa shape index (κ2) is 8.18. The summed E-state index contributed by atoms with van der Waals surface area (Å²) in [6, 6.07) is 18.1. The van der Waals surface area contributed by atoms with Crippen molar-refractivity contribution in [3.8, 4) is 0 Å². The first-order chi connectivity index (χ1) is 13.3. The Bertz CT molecular complexity index is 900. The molecule has 5 heteroatoms. The standard InChI is InChI=1S/C22H23N3O2/c26-22(12-11-21-23-19-9-4-5-10-20(19)27-21)25-14-6-13-24(15-16-25)17-18-7-2-1-3-8-18/h1-5,7-12H,6,13-17H2/b12-11+. The van der Waals surface area contributed by atoms with Gasteiger partial charge in [-0.3, -0.25) is 9.69 Å². The predicted octanol–water partition coefficient (Wildman–Crippen LogP) is 3.58. The molecule has 27 heavy (non-hydrogen) atoms. The van der Waals surface area contributed by atoms with Gasteiger partial charge in [0, 0.05) is 44.9 Å². The average molecular weight is 361 g/mol. The quantitative estimate of drug-likeness (QED) is 0.667. The van der Waals surface area contributed by atoms with Crippen LogP contribution in [0.25, 0.3) is 17.2 Å². The van der Waals surface area contributed by atoms with Gasteiger partial charge in [0.1, 0.15) is 5.52 Å². The maximum Gasteiger partial charge on any atom is 0.246 e. The third-order valence-corrected chi connectivity index (χ3v) is 4.83. The van der Waals surface area contributed by atoms with Gasteiger partial charge in [-0.05, 0) is 24.1 Å². The van der Waals surface area contributed by atoms with Crippen LogP contribution in [0.3, 0.4) is 0 Å². The van der Waals surface area contributed by atoms with E-state index in [-0.39, 0.29) is 5.91 Å². The lowest BCUT2D eigenvalue weighted by atomic mass is 10.2. The molecule has 1 fully saturated rings. The Morgan fingerprint density at radius 1 is 1.00 bits per heavy atom. The van der Waals surface area contributed by atoms with Crippen LogP contribution in [0.15, 0.2) is 65.1 Å². The molecule has 0 bridgehead atoms. The first kappa shape index (κ1) is 17.5. The molecule has 1 aliphatic rings. The molecule has 0 N–H and O–H groups in total. The Hall–Kier alpha value is -2.92. The molecular formula is C22H23N3O2. The van der Waals surface area contributed by atoms with E-state index in [2.05, 4.69) is 34.1 Å². The van der Waals surface area contributed by atoms with Crippen molar-refractivity contribution in [3.63, 3.8) is 0 Å². The van der Waals surface area contributed by atoms with Gasteiger partial charge in [-0.25, -0.2) is 4.98 Å². The number of para-hydroxylation sites is 2. The van der Waals surface area contributed by atoms with Crippen LogP contribution in [0.5, 0.6) is 0 Å². The van der Waals surface area contributed by atoms with Crippen molar-refractivity contribution >= 4 is 23.1 Å². The molecule has 0 aliphatic carbocycles. The fourth-order valence-electron chi connectivity index (χ4n) is 3.40. The highest BCUT2D eigenvalue weighted by Crippen LogP contribution is 2.16. The van der Waals surface area contributed by atoms with Gasteiger partial charge in [-0.1, -0.05) is 42.5 Å². The smallest absolute Gasteiger partial charge is 0.246 e. The van der Waals surface area contributed by atoms with Crippen LogP contribution in [0, 0.1) is 0 Å². The summed E-state index contributed by atoms with van der Waals surface area (Å²) in [5.74, 6) is 0.476. The van der Waals surface area contributed by atoms with Crippen molar-refractivity contribution in [2.75, 3.05) is 26.2 Å². The van der Waals surface area contributed by atoms with E-state index < -0.39 is 0 Å². The van der Waals surface area contributed by atoms with E-state index in [9.17, 15) is 4.79 Å². The molecule has 0 radical (unpaired) electrons. The van der Waals surface area contributed by atoms with Gasteiger partial charge >= 0.3 is 0 Å². The fraction of sp³-hybridized carbons (Fsp3) is 0.273. The van der Waals surface area contributed by atoms with E-state index in [0.29, 0.717) is 5.89 Å². The first-order valence-corrected chi connectivity index (χ1v) is 9.37. The molecule has 1 aromatic heterocycles. The Morgan fingerprint density at radius 2 is 1.81 bits per heavy atom. The molecular weight excluding hydrogens is 338 g/mol. The van der Waals surface area contributed by atoms with Crippen molar-refractivity contribution in [2.45, 2.75) is 13.0 Å². The number of aromatic nitrogens is 1. The van der Waals surface area contributed by atoms with Crippen molar-refractivity contribution in [3.05, 3.63) is 72.1 Å². The predicted molar refractivity (Wildman–Crippen MR) is 106 cm³/mol. The lowest BCUT2D eigenvalue weighted by molar-refractivity contribution is -0.125. The Morgan fingerprint density at radius 3 is 2.67 bits per heavy atom. The normalized spacial score (nSPS) is 16.1. The Labute approximate surface area is 158 Å². The van der Waals surface area contributed by atoms with Crippen LogP contribution in [0.2, 0.25) is 0 Å². The molecule has 0 unspecified atom stereocenters. The number of rotatable bonds is 4. The van der Waals surface area contributed by atoms with Gasteiger partial charge < -0.3 is 9.32 Å². The second-order valence-corrected chi connectivity index (χ2v) is 6.79. The zero-order valence-corrected chi connectivity index (χ0v) is 15.3. The van der Waals surface area contributed by atoms with Crippen molar-refractivity contribution < 1.29 is 9.21 Å². The van der Waals surface area contributed by atoms with Gasteiger partial charge in [0.05, 0.1) is 0 Å². The van der Waals surface area contributed by atoms with E-state index in [4.69, 9.17) is 4.42 Å². The number of fused-ring (bicyclic) bond motifs is 1. The van der Waals surface area contributed by atoms with Crippen molar-refractivity contribution in [1.82, 2.24) is 14.8 Å². The summed E-state index contributed by atoms with van der Waals surface area (Å²) >= 11 is 0. The summed E-state index contributed by atoms with van der Waals surface area (Å²) in [6.45, 7) is 4.35. The molecule has 1 saturated heterocycles. The number of oxazole rings is 1. The molecule has 5 nitrogen and oxygen atoms in total. The zero-order chi connectivity index (χ0) is 18.5. The SMILES string of the molecule is O=C(/C=C/c1nc2ccccc2o1)N1CCCN(Cc2ccccc2)CC1. The molecule has 1 amide bonds. The second-order valence-electron chi connectivity index (χ2n) is 6.79. The van der Waals surface area contributed by atoms with Crippen molar-refractivity contribution in [2.24, 2.45) is 0 Å². The molecule has 4 rings (SSSR count). The molecule has 138 valence electrons. The van der Waals surface area contributed by atoms with Gasteiger partial charge in [-0.15, -0.1) is 0 Å². The topological polar surface area (TPSA) is 49.6 Å². The molecule has 0 spiro atoms. The molecule has 2 aromatic carbocycles. The largest absolute Gasteiger partial charge is 0.437 e. The van der Waals surface area contributed by atoms with Crippen LogP contribution in [0.4, 0.5) is 0 Å². The summed E-state index contributed by atoms with van der Waals surface area (Å²) in [5.41, 5.74) is 2.85. The minimum atomic E-state index is 0.0128. The number of benzene rings is 2. The van der Waals surface area contributed by atoms with E-state index in [0.717, 1.165) is 50.2 Å². The third kappa shape index (κ3) is 4.44. The molecule has 0 atom stereocenters. The summed E-state index contributed by atoms with van der Waals surface area (Å²) in [7, 11) is 0. The van der Waals surface area contributed by atoms with Crippen LogP contribution in [-0.4, -0.2) is 46.9 Å². The monoisotopic (exact) mass is 361 g/mol. The van der Waals surface area contributed by atoms with E-state index in [1.165, 1.54) is 5.56 Å². The third-order valence-electron chi connectivity index (χ3n) is 4.83. The zero-order valence-electron chi connectivity index (χ0n) is 15.3. The summed E-state index contributed by atoms with van der Waals surface area (Å²) < 4.78 is 5.64. The maximum atomic E-state index is 12.6. The number of nitrogens with zero attached hydrogens (tertiary/aromatic N) is 3. The summed E-state index contributed by atoms with van der Waals surface area (Å²) in [6.07, 6.45) is 4.21. The molecule has 0 saturated carbocycles. The highest BCUT2D eigenvalue weighted by molar-refractivity contribution is 5.91. The first-order valence-electron chi connectivity index (χ1n) is 9.37. The van der Waals surface area contributed by atoms with E-state index in [1.54, 1.807) is 12.2 Å². The van der Waals surface area contributed by atoms with Crippen LogP contribution in [-0.2, 0) is 11.3 Å². The van der Waals surface area contributed by atoms with Crippen LogP contribution >= 0.6 is 0 Å². The lowest BCUT2D eigenvalue weighted by Crippen LogP contribution is -2.34. The molecule has 2 heterocycles. The average Bonchev–Trinajstić information content (AvgIpc) is 2.98. The highest BCUT2D eigenvalue weighted by atomic mass is 16.3. The van der Waals surface area contributed by atoms with Gasteiger partial charge in [0.15, 0.2) is 5.58 Å². The lowest BCUT2D eigenvalue weighted by Gasteiger charge is -2.21. The molecule has 1 aliphatic heterocycles. The van der Waals surface area contributed by atoms with Crippen LogP contribution < -0.4 is 0 Å². The summed E-state index contributed by atoms with van der Waals surface area (Å²) in [5, 5.41) is 0. The van der Waals surface area contributed by atoms with Crippen molar-refractivity contribution in [1.29, 1.82) is 0 Å². The number of carbonyl (C=O) groups excluding carboxylic acids is 1. The van der Waals surface area contributed by atoms with E-state index >= 15 is 0 Å². The number of hydrogen-bond acceptors (Lipinski definition) is 4. The number of amides is 1. The van der Waals surface area contributed by atoms with Gasteiger partial charge in [-0.2, -0.15) is 0 Å². The number of carbonyl (C=O) groups is 1. The Kier molecular flexibility index (Phi) is 5.30. The minimum Gasteiger partial charge on any atom is -0.437 e. The minimum absolute atomic E-state index is 0.0128. The highest BCUT2D eigenvalue weighted by Gasteiger charge is 2.17. The van der Waals surface area contributed by atoms with Crippen LogP contribution in [0.1, 0.15) is 17.9 Å². The Balaban J connectivity index is 1.35. The van der Waals surface area contributed by atoms with Gasteiger partial charge in [0.25, 0.3) is 0 Å². The summed E-state index contributed by atoms with van der Waals surface area (Å²) in [4.78, 5) is 21.2. The fourth-order valence-corrected chi connectivity index (χ4v) is 3.40. The van der Waals surface area contributed by atoms with Gasteiger partial charge in [0.2, 0.25) is 11.8 Å². The van der Waals surface area contributed by atoms with E-state index in [1.807, 2.05) is 35.2 Å². The molecule has 3 aromatic rings. The maximum absolute atomic E-state index is 12.6. The number of hydrogen-bond donors (Lipinski definition) is 0.